The van der Waals surface area contributed by atoms with E-state index in [4.69, 9.17) is 8.83 Å². The molecule has 14 aromatic rings. The van der Waals surface area contributed by atoms with Gasteiger partial charge < -0.3 is 22.9 Å². The molecule has 308 valence electrons. The SMILES string of the molecule is c1ccc(N2c3ccccc3Cc3cc(-n4c5ccccc5c5c6oc7c(ccc8c7c7ccccc7n8-c7cccc(-c8ccc9oc%10ccccc%10c9c8)c7)c6ccc54)ccc32)cc1. The number of rotatable bonds is 4. The first kappa shape index (κ1) is 35.6. The van der Waals surface area contributed by atoms with Gasteiger partial charge in [0.05, 0.1) is 32.8 Å². The number of anilines is 3. The molecule has 0 bridgehead atoms. The first-order chi connectivity index (χ1) is 32.7. The lowest BCUT2D eigenvalue weighted by Gasteiger charge is -2.34. The van der Waals surface area contributed by atoms with Crippen LogP contribution in [0.1, 0.15) is 11.1 Å². The van der Waals surface area contributed by atoms with Crippen molar-refractivity contribution in [3.63, 3.8) is 0 Å². The van der Waals surface area contributed by atoms with Crippen LogP contribution >= 0.6 is 0 Å². The zero-order valence-corrected chi connectivity index (χ0v) is 35.6. The molecule has 0 radical (unpaired) electrons. The third-order valence-corrected chi connectivity index (χ3v) is 14.1. The summed E-state index contributed by atoms with van der Waals surface area (Å²) in [6.45, 7) is 0. The average molecular weight is 844 g/mol. The summed E-state index contributed by atoms with van der Waals surface area (Å²) in [5, 5.41) is 9.05. The third kappa shape index (κ3) is 4.94. The highest BCUT2D eigenvalue weighted by molar-refractivity contribution is 6.29. The quantitative estimate of drug-likeness (QED) is 0.177. The van der Waals surface area contributed by atoms with Crippen molar-refractivity contribution in [2.75, 3.05) is 4.90 Å². The Hall–Kier alpha value is -8.80. The maximum Gasteiger partial charge on any atom is 0.145 e. The molecule has 66 heavy (non-hydrogen) atoms. The Bertz CT molecular complexity index is 4330. The second-order valence-corrected chi connectivity index (χ2v) is 17.6. The van der Waals surface area contributed by atoms with Gasteiger partial charge in [-0.25, -0.2) is 0 Å². The predicted octanol–water partition coefficient (Wildman–Crippen LogP) is 16.7. The number of para-hydroxylation sites is 5. The molecule has 10 aromatic carbocycles. The van der Waals surface area contributed by atoms with E-state index in [9.17, 15) is 0 Å². The van der Waals surface area contributed by atoms with Crippen molar-refractivity contribution >= 4 is 105 Å². The maximum absolute atomic E-state index is 7.31. The van der Waals surface area contributed by atoms with Crippen molar-refractivity contribution in [3.05, 3.63) is 223 Å². The van der Waals surface area contributed by atoms with E-state index in [1.807, 2.05) is 12.1 Å². The minimum Gasteiger partial charge on any atom is -0.456 e. The van der Waals surface area contributed by atoms with E-state index >= 15 is 0 Å². The minimum absolute atomic E-state index is 0.861. The van der Waals surface area contributed by atoms with Crippen LogP contribution < -0.4 is 4.90 Å². The van der Waals surface area contributed by atoms with E-state index in [1.54, 1.807) is 0 Å². The molecule has 15 rings (SSSR count). The summed E-state index contributed by atoms with van der Waals surface area (Å²) in [7, 11) is 0. The summed E-state index contributed by atoms with van der Waals surface area (Å²) >= 11 is 0. The summed E-state index contributed by atoms with van der Waals surface area (Å²) in [6.07, 6.45) is 0.861. The normalized spacial score (nSPS) is 12.8. The number of fused-ring (bicyclic) bond motifs is 16. The molecule has 5 heteroatoms. The van der Waals surface area contributed by atoms with Gasteiger partial charge in [0.2, 0.25) is 0 Å². The molecule has 5 nitrogen and oxygen atoms in total. The Balaban J connectivity index is 0.913. The van der Waals surface area contributed by atoms with Crippen molar-refractivity contribution in [3.8, 4) is 22.5 Å². The van der Waals surface area contributed by atoms with E-state index in [0.717, 1.165) is 117 Å². The van der Waals surface area contributed by atoms with Crippen LogP contribution in [0.4, 0.5) is 17.1 Å². The van der Waals surface area contributed by atoms with Gasteiger partial charge in [-0.15, -0.1) is 0 Å². The summed E-state index contributed by atoms with van der Waals surface area (Å²) in [6, 6.07) is 76.7. The Kier molecular flexibility index (Phi) is 7.22. The standard InChI is InChI=1S/C61H37N3O2/c1-2-15-41(16-3-1)62-50-21-8-4-13-39(50)33-40-35-43(26-29-51(40)62)64-53-23-10-6-20-48(53)59-55(64)31-28-46-45-27-30-54-58(60(45)66-61(46)59)47-19-5-9-22-52(47)63(54)42-17-12-14-37(34-42)38-25-32-57-49(36-38)44-18-7-11-24-56(44)65-57/h1-32,34-36H,33H2. The molecule has 0 N–H and O–H groups in total. The van der Waals surface area contributed by atoms with Gasteiger partial charge in [-0.05, 0) is 125 Å². The van der Waals surface area contributed by atoms with Gasteiger partial charge in [0, 0.05) is 67.2 Å². The molecule has 0 unspecified atom stereocenters. The molecule has 0 fully saturated rings. The maximum atomic E-state index is 7.31. The summed E-state index contributed by atoms with van der Waals surface area (Å²) < 4.78 is 18.3. The monoisotopic (exact) mass is 843 g/mol. The summed E-state index contributed by atoms with van der Waals surface area (Å²) in [5.41, 5.74) is 18.9. The molecule has 1 aliphatic heterocycles. The molecule has 0 aliphatic carbocycles. The first-order valence-electron chi connectivity index (χ1n) is 22.6. The Morgan fingerprint density at radius 3 is 1.67 bits per heavy atom. The van der Waals surface area contributed by atoms with Gasteiger partial charge in [-0.2, -0.15) is 0 Å². The van der Waals surface area contributed by atoms with Crippen LogP contribution in [0.15, 0.2) is 221 Å². The fourth-order valence-electron chi connectivity index (χ4n) is 11.2. The van der Waals surface area contributed by atoms with Crippen molar-refractivity contribution in [1.29, 1.82) is 0 Å². The summed E-state index contributed by atoms with van der Waals surface area (Å²) in [5.74, 6) is 0. The predicted molar refractivity (Wildman–Crippen MR) is 273 cm³/mol. The molecule has 0 atom stereocenters. The lowest BCUT2D eigenvalue weighted by molar-refractivity contribution is 0.669. The lowest BCUT2D eigenvalue weighted by Crippen LogP contribution is -2.18. The number of nitrogens with zero attached hydrogens (tertiary/aromatic N) is 3. The topological polar surface area (TPSA) is 39.4 Å². The Morgan fingerprint density at radius 2 is 0.909 bits per heavy atom. The fourth-order valence-corrected chi connectivity index (χ4v) is 11.2. The van der Waals surface area contributed by atoms with Crippen molar-refractivity contribution in [2.24, 2.45) is 0 Å². The molecule has 0 amide bonds. The van der Waals surface area contributed by atoms with Crippen molar-refractivity contribution < 1.29 is 8.83 Å². The third-order valence-electron chi connectivity index (χ3n) is 14.1. The van der Waals surface area contributed by atoms with Gasteiger partial charge >= 0.3 is 0 Å². The van der Waals surface area contributed by atoms with Gasteiger partial charge in [-0.1, -0.05) is 109 Å². The molecule has 0 saturated heterocycles. The number of furan rings is 2. The summed E-state index contributed by atoms with van der Waals surface area (Å²) in [4.78, 5) is 2.40. The smallest absolute Gasteiger partial charge is 0.145 e. The molecule has 1 aliphatic rings. The van der Waals surface area contributed by atoms with Gasteiger partial charge in [0.1, 0.15) is 22.3 Å². The zero-order chi connectivity index (χ0) is 43.0. The zero-order valence-electron chi connectivity index (χ0n) is 35.6. The van der Waals surface area contributed by atoms with E-state index in [0.29, 0.717) is 0 Å². The largest absolute Gasteiger partial charge is 0.456 e. The van der Waals surface area contributed by atoms with Crippen LogP contribution in [-0.4, -0.2) is 9.13 Å². The van der Waals surface area contributed by atoms with Crippen LogP contribution in [0.25, 0.3) is 110 Å². The molecule has 0 saturated carbocycles. The van der Waals surface area contributed by atoms with Crippen molar-refractivity contribution in [2.45, 2.75) is 6.42 Å². The molecule has 4 aromatic heterocycles. The Morgan fingerprint density at radius 1 is 0.318 bits per heavy atom. The number of aromatic nitrogens is 2. The number of benzene rings is 10. The second-order valence-electron chi connectivity index (χ2n) is 17.6. The molecular formula is C61H37N3O2. The fraction of sp³-hybridized carbons (Fsp3) is 0.0164. The average Bonchev–Trinajstić information content (AvgIpc) is 4.13. The van der Waals surface area contributed by atoms with E-state index in [-0.39, 0.29) is 0 Å². The number of hydrogen-bond acceptors (Lipinski definition) is 3. The van der Waals surface area contributed by atoms with Gasteiger partial charge in [-0.3, -0.25) is 0 Å². The van der Waals surface area contributed by atoms with Crippen LogP contribution in [0, 0.1) is 0 Å². The van der Waals surface area contributed by atoms with E-state index in [1.165, 1.54) is 27.9 Å². The first-order valence-corrected chi connectivity index (χ1v) is 22.6. The lowest BCUT2D eigenvalue weighted by atomic mass is 9.94. The minimum atomic E-state index is 0.861. The highest BCUT2D eigenvalue weighted by Gasteiger charge is 2.26. The van der Waals surface area contributed by atoms with E-state index in [2.05, 4.69) is 214 Å². The highest BCUT2D eigenvalue weighted by atomic mass is 16.3. The van der Waals surface area contributed by atoms with Crippen LogP contribution in [0.3, 0.4) is 0 Å². The second kappa shape index (κ2) is 13.4. The van der Waals surface area contributed by atoms with E-state index < -0.39 is 0 Å². The number of hydrogen-bond donors (Lipinski definition) is 0. The van der Waals surface area contributed by atoms with Crippen LogP contribution in [0.5, 0.6) is 0 Å². The van der Waals surface area contributed by atoms with Crippen LogP contribution in [0.2, 0.25) is 0 Å². The Labute approximate surface area is 378 Å². The highest BCUT2D eigenvalue weighted by Crippen LogP contribution is 2.48. The van der Waals surface area contributed by atoms with Crippen LogP contribution in [-0.2, 0) is 6.42 Å². The molecule has 5 heterocycles. The van der Waals surface area contributed by atoms with Gasteiger partial charge in [0.25, 0.3) is 0 Å². The van der Waals surface area contributed by atoms with Gasteiger partial charge in [0.15, 0.2) is 0 Å². The molecular weight excluding hydrogens is 807 g/mol. The van der Waals surface area contributed by atoms with Crippen molar-refractivity contribution in [1.82, 2.24) is 9.13 Å². The molecule has 0 spiro atoms.